The molecule has 1 unspecified atom stereocenters. The van der Waals surface area contributed by atoms with Crippen molar-refractivity contribution >= 4 is 52.7 Å². The van der Waals surface area contributed by atoms with Crippen LogP contribution in [0.2, 0.25) is 0 Å². The summed E-state index contributed by atoms with van der Waals surface area (Å²) >= 11 is -0.742. The van der Waals surface area contributed by atoms with Gasteiger partial charge in [-0.2, -0.15) is 0 Å². The first-order valence-electron chi connectivity index (χ1n) is 14.3. The summed E-state index contributed by atoms with van der Waals surface area (Å²) in [4.78, 5) is 36.3. The number of hydrogen-bond acceptors (Lipinski definition) is 6. The summed E-state index contributed by atoms with van der Waals surface area (Å²) in [7, 11) is 2.10. The second-order valence-corrected chi connectivity index (χ2v) is 13.3. The molecular formula is C35H33AsN5O2. The quantitative estimate of drug-likeness (QED) is 0.193. The van der Waals surface area contributed by atoms with Gasteiger partial charge in [-0.15, -0.1) is 0 Å². The van der Waals surface area contributed by atoms with Crippen LogP contribution in [-0.4, -0.2) is 74.2 Å². The van der Waals surface area contributed by atoms with E-state index in [-0.39, 0.29) is 10.5 Å². The van der Waals surface area contributed by atoms with Crippen LogP contribution in [0, 0.1) is 0 Å². The van der Waals surface area contributed by atoms with Gasteiger partial charge < -0.3 is 0 Å². The number of nitrogens with two attached hydrogens (primary N) is 1. The van der Waals surface area contributed by atoms with E-state index in [0.717, 1.165) is 47.0 Å². The van der Waals surface area contributed by atoms with Gasteiger partial charge in [0.05, 0.1) is 0 Å². The van der Waals surface area contributed by atoms with Crippen molar-refractivity contribution in [3.05, 3.63) is 121 Å². The number of likely N-dealkylation sites (N-methyl/N-ethyl adjacent to an activating group) is 1. The standard InChI is InChI=1S/C35H33AsN5O2/c1-40-17-19-41(20-18-40)33(34(42)36-29-14-11-25-9-5-6-10-26(25)21-29)31-16-13-28(23-38-31)35(43)39-32-22-27(12-15-30(32)37)24-7-3-2-4-8-24/h2-16,21-23,33H,17-20,37H2,1H3,(H,39,43). The zero-order valence-electron chi connectivity index (χ0n) is 24.0. The van der Waals surface area contributed by atoms with Gasteiger partial charge in [-0.3, -0.25) is 0 Å². The SMILES string of the molecule is CN1CCN(C(C(=O)[As]c2ccc3ccccc3c2)c2ccc(C(=O)Nc3cc(-c4ccccc4)ccc3N)cn2)CC1. The molecule has 215 valence electrons. The Balaban J connectivity index is 1.22. The van der Waals surface area contributed by atoms with Crippen LogP contribution in [0.1, 0.15) is 22.1 Å². The number of aromatic nitrogens is 1. The molecule has 1 aliphatic rings. The van der Waals surface area contributed by atoms with Crippen LogP contribution in [0.3, 0.4) is 0 Å². The molecule has 2 heterocycles. The normalized spacial score (nSPS) is 15.1. The average molecular weight is 631 g/mol. The van der Waals surface area contributed by atoms with E-state index in [4.69, 9.17) is 5.73 Å². The molecule has 6 rings (SSSR count). The van der Waals surface area contributed by atoms with Crippen molar-refractivity contribution in [2.24, 2.45) is 0 Å². The predicted octanol–water partition coefficient (Wildman–Crippen LogP) is 4.58. The molecule has 0 bridgehead atoms. The van der Waals surface area contributed by atoms with Gasteiger partial charge in [0.15, 0.2) is 0 Å². The van der Waals surface area contributed by atoms with E-state index in [9.17, 15) is 9.59 Å². The summed E-state index contributed by atoms with van der Waals surface area (Å²) in [6.07, 6.45) is 1.56. The number of hydrogen-bond donors (Lipinski definition) is 2. The van der Waals surface area contributed by atoms with E-state index in [0.29, 0.717) is 22.6 Å². The third-order valence-electron chi connectivity index (χ3n) is 7.85. The Bertz CT molecular complexity index is 1750. The van der Waals surface area contributed by atoms with Gasteiger partial charge >= 0.3 is 229 Å². The molecule has 0 aliphatic carbocycles. The molecule has 1 atom stereocenters. The summed E-state index contributed by atoms with van der Waals surface area (Å²) in [6.45, 7) is 3.35. The van der Waals surface area contributed by atoms with Crippen molar-refractivity contribution in [2.45, 2.75) is 6.04 Å². The molecule has 7 nitrogen and oxygen atoms in total. The molecule has 3 N–H and O–H groups in total. The first-order valence-corrected chi connectivity index (χ1v) is 16.2. The monoisotopic (exact) mass is 630 g/mol. The zero-order chi connectivity index (χ0) is 29.8. The van der Waals surface area contributed by atoms with Crippen molar-refractivity contribution in [1.82, 2.24) is 14.8 Å². The molecule has 1 amide bonds. The number of rotatable bonds is 8. The summed E-state index contributed by atoms with van der Waals surface area (Å²) in [6, 6.07) is 33.2. The van der Waals surface area contributed by atoms with Crippen LogP contribution in [-0.2, 0) is 4.79 Å². The van der Waals surface area contributed by atoms with E-state index in [1.807, 2.05) is 60.7 Å². The van der Waals surface area contributed by atoms with E-state index >= 15 is 0 Å². The number of benzene rings is 4. The molecule has 0 spiro atoms. The number of amides is 1. The average Bonchev–Trinajstić information content (AvgIpc) is 3.04. The molecule has 4 aromatic carbocycles. The van der Waals surface area contributed by atoms with Crippen molar-refractivity contribution in [2.75, 3.05) is 44.3 Å². The first kappa shape index (κ1) is 28.8. The fourth-order valence-electron chi connectivity index (χ4n) is 5.36. The minimum atomic E-state index is -0.742. The molecule has 1 radical (unpaired) electrons. The summed E-state index contributed by atoms with van der Waals surface area (Å²) < 4.78 is 1.26. The number of nitrogens with zero attached hydrogens (tertiary/aromatic N) is 3. The summed E-state index contributed by atoms with van der Waals surface area (Å²) in [5.41, 5.74) is 10.3. The molecular weight excluding hydrogens is 597 g/mol. The van der Waals surface area contributed by atoms with Gasteiger partial charge in [0.2, 0.25) is 0 Å². The number of anilines is 2. The Morgan fingerprint density at radius 2 is 1.56 bits per heavy atom. The Labute approximate surface area is 258 Å². The first-order chi connectivity index (χ1) is 20.9. The van der Waals surface area contributed by atoms with Crippen LogP contribution in [0.25, 0.3) is 21.9 Å². The van der Waals surface area contributed by atoms with E-state index in [2.05, 4.69) is 57.5 Å². The van der Waals surface area contributed by atoms with Crippen molar-refractivity contribution in [1.29, 1.82) is 0 Å². The molecule has 1 aliphatic heterocycles. The van der Waals surface area contributed by atoms with E-state index in [1.165, 1.54) is 5.39 Å². The fraction of sp³-hybridized carbons (Fsp3) is 0.171. The number of carbonyl (C=O) groups is 2. The second-order valence-electron chi connectivity index (χ2n) is 10.8. The van der Waals surface area contributed by atoms with E-state index in [1.54, 1.807) is 18.3 Å². The maximum atomic E-state index is 13.9. The number of piperazine rings is 1. The van der Waals surface area contributed by atoms with E-state index < -0.39 is 21.8 Å². The maximum absolute atomic E-state index is 13.9. The Hall–Kier alpha value is -4.29. The van der Waals surface area contributed by atoms with Gasteiger partial charge in [-0.1, -0.05) is 30.3 Å². The molecule has 43 heavy (non-hydrogen) atoms. The Morgan fingerprint density at radius 3 is 2.30 bits per heavy atom. The van der Waals surface area contributed by atoms with Gasteiger partial charge in [-0.25, -0.2) is 0 Å². The van der Waals surface area contributed by atoms with Crippen molar-refractivity contribution in [3.63, 3.8) is 0 Å². The number of carbonyl (C=O) groups excluding carboxylic acids is 2. The molecule has 1 saturated heterocycles. The van der Waals surface area contributed by atoms with Crippen LogP contribution < -0.4 is 15.4 Å². The van der Waals surface area contributed by atoms with Crippen LogP contribution >= 0.6 is 0 Å². The predicted molar refractivity (Wildman–Crippen MR) is 175 cm³/mol. The topological polar surface area (TPSA) is 91.6 Å². The van der Waals surface area contributed by atoms with Crippen LogP contribution in [0.5, 0.6) is 0 Å². The minimum absolute atomic E-state index is 0.186. The van der Waals surface area contributed by atoms with Crippen LogP contribution in [0.4, 0.5) is 11.4 Å². The third kappa shape index (κ3) is 6.70. The summed E-state index contributed by atoms with van der Waals surface area (Å²) in [5, 5.41) is 5.25. The Morgan fingerprint density at radius 1 is 0.814 bits per heavy atom. The fourth-order valence-corrected chi connectivity index (χ4v) is 7.51. The van der Waals surface area contributed by atoms with Crippen LogP contribution in [0.15, 0.2) is 109 Å². The zero-order valence-corrected chi connectivity index (χ0v) is 25.9. The molecule has 0 saturated carbocycles. The number of nitrogen functional groups attached to an aromatic ring is 1. The molecule has 5 aromatic rings. The third-order valence-corrected chi connectivity index (χ3v) is 9.95. The van der Waals surface area contributed by atoms with Gasteiger partial charge in [0.25, 0.3) is 0 Å². The molecule has 1 aromatic heterocycles. The molecule has 1 fully saturated rings. The van der Waals surface area contributed by atoms with Gasteiger partial charge in [-0.05, 0) is 0 Å². The number of fused-ring (bicyclic) bond motifs is 1. The second kappa shape index (κ2) is 12.9. The molecule has 8 heteroatoms. The van der Waals surface area contributed by atoms with Crippen molar-refractivity contribution in [3.8, 4) is 11.1 Å². The van der Waals surface area contributed by atoms with Gasteiger partial charge in [0.1, 0.15) is 0 Å². The summed E-state index contributed by atoms with van der Waals surface area (Å²) in [5.74, 6) is -0.305. The number of pyridine rings is 1. The van der Waals surface area contributed by atoms with Gasteiger partial charge in [0, 0.05) is 0 Å². The van der Waals surface area contributed by atoms with Crippen molar-refractivity contribution < 1.29 is 9.59 Å². The number of nitrogens with one attached hydrogen (secondary N) is 1. The Kier molecular flexibility index (Phi) is 8.66.